The SMILES string of the molecule is Cc1ccc(C)c(-n2c(SCc3ccc([N+](=O)[O-])cc3)nc3c([nH]c4ccccc43)c2=O)c1. The fraction of sp³-hybridized carbons (Fsp3) is 0.120. The lowest BCUT2D eigenvalue weighted by atomic mass is 10.1. The molecule has 0 saturated carbocycles. The van der Waals surface area contributed by atoms with Crippen molar-refractivity contribution >= 4 is 39.4 Å². The third-order valence-electron chi connectivity index (χ3n) is 5.61. The molecule has 2 heterocycles. The Morgan fingerprint density at radius 3 is 2.58 bits per heavy atom. The second kappa shape index (κ2) is 8.22. The van der Waals surface area contributed by atoms with E-state index < -0.39 is 4.92 Å². The highest BCUT2D eigenvalue weighted by molar-refractivity contribution is 7.98. The zero-order valence-corrected chi connectivity index (χ0v) is 18.8. The van der Waals surface area contributed by atoms with Gasteiger partial charge in [0.1, 0.15) is 11.0 Å². The molecule has 5 aromatic rings. The predicted molar refractivity (Wildman–Crippen MR) is 131 cm³/mol. The fourth-order valence-corrected chi connectivity index (χ4v) is 4.83. The molecule has 1 N–H and O–H groups in total. The van der Waals surface area contributed by atoms with E-state index in [2.05, 4.69) is 4.98 Å². The Kier molecular flexibility index (Phi) is 5.22. The summed E-state index contributed by atoms with van der Waals surface area (Å²) in [5, 5.41) is 12.4. The van der Waals surface area contributed by atoms with Gasteiger partial charge in [-0.3, -0.25) is 19.5 Å². The average molecular weight is 457 g/mol. The molecule has 0 unspecified atom stereocenters. The number of nitro groups is 1. The van der Waals surface area contributed by atoms with Crippen molar-refractivity contribution in [1.29, 1.82) is 0 Å². The quantitative estimate of drug-likeness (QED) is 0.159. The Morgan fingerprint density at radius 1 is 1.06 bits per heavy atom. The fourth-order valence-electron chi connectivity index (χ4n) is 3.87. The molecule has 0 fully saturated rings. The second-order valence-electron chi connectivity index (χ2n) is 7.93. The van der Waals surface area contributed by atoms with Crippen molar-refractivity contribution in [2.75, 3.05) is 0 Å². The average Bonchev–Trinajstić information content (AvgIpc) is 3.19. The van der Waals surface area contributed by atoms with Gasteiger partial charge >= 0.3 is 0 Å². The van der Waals surface area contributed by atoms with Crippen LogP contribution in [0.15, 0.2) is 76.7 Å². The van der Waals surface area contributed by atoms with Crippen molar-refractivity contribution in [2.24, 2.45) is 0 Å². The molecule has 0 atom stereocenters. The number of hydrogen-bond donors (Lipinski definition) is 1. The highest BCUT2D eigenvalue weighted by Gasteiger charge is 2.18. The van der Waals surface area contributed by atoms with Crippen LogP contribution in [0.5, 0.6) is 0 Å². The normalized spacial score (nSPS) is 11.3. The zero-order valence-electron chi connectivity index (χ0n) is 18.0. The Bertz CT molecular complexity index is 1590. The van der Waals surface area contributed by atoms with Gasteiger partial charge in [0.25, 0.3) is 11.2 Å². The highest BCUT2D eigenvalue weighted by atomic mass is 32.2. The molecule has 7 nitrogen and oxygen atoms in total. The van der Waals surface area contributed by atoms with E-state index in [1.165, 1.54) is 23.9 Å². The summed E-state index contributed by atoms with van der Waals surface area (Å²) in [4.78, 5) is 32.4. The van der Waals surface area contributed by atoms with Crippen molar-refractivity contribution in [3.63, 3.8) is 0 Å². The molecule has 164 valence electrons. The highest BCUT2D eigenvalue weighted by Crippen LogP contribution is 2.29. The molecule has 0 saturated heterocycles. The Labute approximate surface area is 193 Å². The van der Waals surface area contributed by atoms with Gasteiger partial charge in [-0.1, -0.05) is 54.2 Å². The van der Waals surface area contributed by atoms with Gasteiger partial charge in [-0.15, -0.1) is 0 Å². The van der Waals surface area contributed by atoms with E-state index >= 15 is 0 Å². The molecule has 33 heavy (non-hydrogen) atoms. The molecule has 0 spiro atoms. The third-order valence-corrected chi connectivity index (χ3v) is 6.62. The van der Waals surface area contributed by atoms with Crippen LogP contribution >= 0.6 is 11.8 Å². The number of hydrogen-bond acceptors (Lipinski definition) is 5. The number of fused-ring (bicyclic) bond motifs is 3. The Morgan fingerprint density at radius 2 is 1.82 bits per heavy atom. The lowest BCUT2D eigenvalue weighted by Crippen LogP contribution is -2.22. The van der Waals surface area contributed by atoms with E-state index in [1.807, 2.05) is 56.3 Å². The first kappa shape index (κ1) is 21.0. The van der Waals surface area contributed by atoms with Crippen molar-refractivity contribution in [3.8, 4) is 5.69 Å². The summed E-state index contributed by atoms with van der Waals surface area (Å²) in [7, 11) is 0. The van der Waals surface area contributed by atoms with Gasteiger partial charge in [0.2, 0.25) is 0 Å². The molecule has 3 aromatic carbocycles. The van der Waals surface area contributed by atoms with E-state index in [1.54, 1.807) is 16.7 Å². The molecule has 0 amide bonds. The van der Waals surface area contributed by atoms with Gasteiger partial charge in [0, 0.05) is 28.8 Å². The lowest BCUT2D eigenvalue weighted by molar-refractivity contribution is -0.384. The van der Waals surface area contributed by atoms with Crippen LogP contribution in [-0.4, -0.2) is 19.5 Å². The molecule has 0 aliphatic carbocycles. The summed E-state index contributed by atoms with van der Waals surface area (Å²) in [5.41, 5.74) is 5.58. The van der Waals surface area contributed by atoms with Crippen molar-refractivity contribution in [3.05, 3.63) is 104 Å². The van der Waals surface area contributed by atoms with Gasteiger partial charge in [-0.05, 0) is 42.7 Å². The van der Waals surface area contributed by atoms with E-state index in [0.717, 1.165) is 33.3 Å². The van der Waals surface area contributed by atoms with Crippen molar-refractivity contribution < 1.29 is 4.92 Å². The maximum Gasteiger partial charge on any atom is 0.283 e. The minimum absolute atomic E-state index is 0.0504. The van der Waals surface area contributed by atoms with E-state index in [9.17, 15) is 14.9 Å². The number of aryl methyl sites for hydroxylation is 2. The summed E-state index contributed by atoms with van der Waals surface area (Å²) in [6.07, 6.45) is 0. The number of benzene rings is 3. The number of para-hydroxylation sites is 1. The zero-order chi connectivity index (χ0) is 23.1. The molecule has 0 radical (unpaired) electrons. The number of nitrogens with one attached hydrogen (secondary N) is 1. The molecule has 5 rings (SSSR count). The summed E-state index contributed by atoms with van der Waals surface area (Å²) in [5.74, 6) is 0.517. The minimum Gasteiger partial charge on any atom is -0.349 e. The smallest absolute Gasteiger partial charge is 0.283 e. The first-order valence-corrected chi connectivity index (χ1v) is 11.4. The second-order valence-corrected chi connectivity index (χ2v) is 8.87. The van der Waals surface area contributed by atoms with Crippen LogP contribution in [0.3, 0.4) is 0 Å². The van der Waals surface area contributed by atoms with Crippen LogP contribution in [0, 0.1) is 24.0 Å². The first-order valence-electron chi connectivity index (χ1n) is 10.4. The van der Waals surface area contributed by atoms with Gasteiger partial charge in [0.15, 0.2) is 5.16 Å². The number of thioether (sulfide) groups is 1. The first-order chi connectivity index (χ1) is 15.9. The van der Waals surface area contributed by atoms with Gasteiger partial charge < -0.3 is 4.98 Å². The van der Waals surface area contributed by atoms with Crippen LogP contribution in [0.1, 0.15) is 16.7 Å². The molecule has 2 aromatic heterocycles. The van der Waals surface area contributed by atoms with Gasteiger partial charge in [0.05, 0.1) is 10.6 Å². The van der Waals surface area contributed by atoms with Crippen molar-refractivity contribution in [1.82, 2.24) is 14.5 Å². The maximum atomic E-state index is 13.7. The van der Waals surface area contributed by atoms with Crippen LogP contribution in [0.4, 0.5) is 5.69 Å². The Balaban J connectivity index is 1.67. The topological polar surface area (TPSA) is 93.8 Å². The van der Waals surface area contributed by atoms with Crippen molar-refractivity contribution in [2.45, 2.75) is 24.8 Å². The molecule has 0 bridgehead atoms. The molecule has 0 aliphatic heterocycles. The van der Waals surface area contributed by atoms with Gasteiger partial charge in [-0.2, -0.15) is 0 Å². The van der Waals surface area contributed by atoms with Crippen LogP contribution in [-0.2, 0) is 5.75 Å². The van der Waals surface area contributed by atoms with Crippen LogP contribution in [0.2, 0.25) is 0 Å². The maximum absolute atomic E-state index is 13.7. The van der Waals surface area contributed by atoms with Crippen LogP contribution < -0.4 is 5.56 Å². The molecular weight excluding hydrogens is 436 g/mol. The standard InChI is InChI=1S/C25H20N4O3S/c1-15-7-8-16(2)21(13-15)28-24(30)23-22(19-5-3-4-6-20(19)26-23)27-25(28)33-14-17-9-11-18(12-10-17)29(31)32/h3-13,26H,14H2,1-2H3. The summed E-state index contributed by atoms with van der Waals surface area (Å²) in [6, 6.07) is 20.2. The Hall–Kier alpha value is -3.91. The molecule has 0 aliphatic rings. The third kappa shape index (κ3) is 3.78. The van der Waals surface area contributed by atoms with E-state index in [4.69, 9.17) is 4.98 Å². The van der Waals surface area contributed by atoms with E-state index in [-0.39, 0.29) is 11.2 Å². The summed E-state index contributed by atoms with van der Waals surface area (Å²) < 4.78 is 1.66. The van der Waals surface area contributed by atoms with Crippen LogP contribution in [0.25, 0.3) is 27.6 Å². The predicted octanol–water partition coefficient (Wildman–Crippen LogP) is 5.68. The summed E-state index contributed by atoms with van der Waals surface area (Å²) in [6.45, 7) is 3.97. The number of aromatic amines is 1. The minimum atomic E-state index is -0.415. The number of non-ortho nitro benzene ring substituents is 1. The number of nitro benzene ring substituents is 1. The van der Waals surface area contributed by atoms with E-state index in [0.29, 0.717) is 21.9 Å². The number of rotatable bonds is 5. The molecule has 8 heteroatoms. The van der Waals surface area contributed by atoms with Gasteiger partial charge in [-0.25, -0.2) is 4.98 Å². The monoisotopic (exact) mass is 456 g/mol. The lowest BCUT2D eigenvalue weighted by Gasteiger charge is -2.15. The number of H-pyrrole nitrogens is 1. The largest absolute Gasteiger partial charge is 0.349 e. The number of nitrogens with zero attached hydrogens (tertiary/aromatic N) is 3. The molecular formula is C25H20N4O3S. The number of aromatic nitrogens is 3. The summed E-state index contributed by atoms with van der Waals surface area (Å²) >= 11 is 1.43.